The number of nitro groups is 1. The molecular weight excluding hydrogens is 364 g/mol. The van der Waals surface area contributed by atoms with E-state index < -0.39 is 22.9 Å². The summed E-state index contributed by atoms with van der Waals surface area (Å²) in [4.78, 5) is 38.6. The van der Waals surface area contributed by atoms with E-state index in [1.807, 2.05) is 0 Å². The number of ether oxygens (including phenoxy) is 1. The fourth-order valence-corrected chi connectivity index (χ4v) is 2.19. The number of rotatable bonds is 6. The molecule has 1 heterocycles. The van der Waals surface area contributed by atoms with Crippen LogP contribution in [0.15, 0.2) is 36.5 Å². The van der Waals surface area contributed by atoms with Gasteiger partial charge in [-0.1, -0.05) is 11.6 Å². The number of halogens is 1. The molecule has 2 rings (SSSR count). The first-order chi connectivity index (χ1) is 12.3. The molecule has 136 valence electrons. The van der Waals surface area contributed by atoms with Gasteiger partial charge in [0, 0.05) is 31.1 Å². The summed E-state index contributed by atoms with van der Waals surface area (Å²) in [7, 11) is 1.55. The van der Waals surface area contributed by atoms with Crippen molar-refractivity contribution in [2.75, 3.05) is 17.7 Å². The number of pyridine rings is 1. The Balaban J connectivity index is 2.13. The van der Waals surface area contributed by atoms with Crippen LogP contribution in [-0.2, 0) is 9.53 Å². The summed E-state index contributed by atoms with van der Waals surface area (Å²) in [5.74, 6) is -1.50. The maximum Gasteiger partial charge on any atom is 0.341 e. The molecule has 0 saturated carbocycles. The molecule has 0 spiro atoms. The molecule has 1 aromatic carbocycles. The standard InChI is InChI=1S/C16H15ClN4O5/c1-9(15(22)20-13-4-3-7-19-14(13)17)26-16(23)11-8-10(21(24)25)5-6-12(11)18-2/h3-9,18H,1-2H3,(H,20,22)/t9-/m1/s1. The molecule has 2 N–H and O–H groups in total. The number of carbonyl (C=O) groups excluding carboxylic acids is 2. The molecule has 0 radical (unpaired) electrons. The Labute approximate surface area is 153 Å². The second kappa shape index (κ2) is 8.26. The highest BCUT2D eigenvalue weighted by molar-refractivity contribution is 6.32. The van der Waals surface area contributed by atoms with Gasteiger partial charge in [-0.15, -0.1) is 0 Å². The van der Waals surface area contributed by atoms with Gasteiger partial charge >= 0.3 is 5.97 Å². The van der Waals surface area contributed by atoms with Crippen LogP contribution in [0.3, 0.4) is 0 Å². The minimum atomic E-state index is -1.16. The van der Waals surface area contributed by atoms with Crippen molar-refractivity contribution in [3.8, 4) is 0 Å². The lowest BCUT2D eigenvalue weighted by Gasteiger charge is -2.15. The molecule has 26 heavy (non-hydrogen) atoms. The van der Waals surface area contributed by atoms with Crippen LogP contribution in [0.5, 0.6) is 0 Å². The third-order valence-electron chi connectivity index (χ3n) is 3.37. The molecular formula is C16H15ClN4O5. The minimum Gasteiger partial charge on any atom is -0.449 e. The molecule has 2 aromatic rings. The zero-order valence-electron chi connectivity index (χ0n) is 13.9. The van der Waals surface area contributed by atoms with E-state index in [1.54, 1.807) is 19.2 Å². The highest BCUT2D eigenvalue weighted by atomic mass is 35.5. The van der Waals surface area contributed by atoms with Gasteiger partial charge in [0.25, 0.3) is 11.6 Å². The molecule has 0 aliphatic heterocycles. The Morgan fingerprint density at radius 3 is 2.65 bits per heavy atom. The molecule has 9 nitrogen and oxygen atoms in total. The predicted molar refractivity (Wildman–Crippen MR) is 95.4 cm³/mol. The van der Waals surface area contributed by atoms with Gasteiger partial charge in [-0.05, 0) is 25.1 Å². The smallest absolute Gasteiger partial charge is 0.341 e. The Hall–Kier alpha value is -3.20. The van der Waals surface area contributed by atoms with Crippen molar-refractivity contribution in [3.63, 3.8) is 0 Å². The van der Waals surface area contributed by atoms with Crippen molar-refractivity contribution < 1.29 is 19.2 Å². The number of amides is 1. The number of anilines is 2. The van der Waals surface area contributed by atoms with Crippen LogP contribution in [-0.4, -0.2) is 34.9 Å². The Morgan fingerprint density at radius 2 is 2.04 bits per heavy atom. The highest BCUT2D eigenvalue weighted by Crippen LogP contribution is 2.23. The summed E-state index contributed by atoms with van der Waals surface area (Å²) in [5, 5.41) is 16.2. The number of nitro benzene ring substituents is 1. The fourth-order valence-electron chi connectivity index (χ4n) is 2.02. The first kappa shape index (κ1) is 19.1. The summed E-state index contributed by atoms with van der Waals surface area (Å²) in [5.41, 5.74) is 0.285. The topological polar surface area (TPSA) is 123 Å². The monoisotopic (exact) mass is 378 g/mol. The summed E-state index contributed by atoms with van der Waals surface area (Å²) in [6.45, 7) is 1.37. The van der Waals surface area contributed by atoms with Crippen LogP contribution < -0.4 is 10.6 Å². The van der Waals surface area contributed by atoms with Crippen LogP contribution in [0.1, 0.15) is 17.3 Å². The number of nitrogens with zero attached hydrogens (tertiary/aromatic N) is 2. The number of hydrogen-bond donors (Lipinski definition) is 2. The first-order valence-corrected chi connectivity index (χ1v) is 7.79. The minimum absolute atomic E-state index is 0.0549. The SMILES string of the molecule is CNc1ccc([N+](=O)[O-])cc1C(=O)O[C@H](C)C(=O)Nc1cccnc1Cl. The second-order valence-electron chi connectivity index (χ2n) is 5.12. The largest absolute Gasteiger partial charge is 0.449 e. The predicted octanol–water partition coefficient (Wildman–Crippen LogP) is 2.87. The Morgan fingerprint density at radius 1 is 1.31 bits per heavy atom. The van der Waals surface area contributed by atoms with Crippen LogP contribution in [0, 0.1) is 10.1 Å². The van der Waals surface area contributed by atoms with Crippen LogP contribution in [0.4, 0.5) is 17.1 Å². The lowest BCUT2D eigenvalue weighted by atomic mass is 10.1. The Kier molecular flexibility index (Phi) is 6.07. The summed E-state index contributed by atoms with van der Waals surface area (Å²) >= 11 is 5.86. The van der Waals surface area contributed by atoms with E-state index in [2.05, 4.69) is 15.6 Å². The number of benzene rings is 1. The fraction of sp³-hybridized carbons (Fsp3) is 0.188. The van der Waals surface area contributed by atoms with Gasteiger partial charge in [-0.2, -0.15) is 0 Å². The average Bonchev–Trinajstić information content (AvgIpc) is 2.62. The van der Waals surface area contributed by atoms with Gasteiger partial charge in [0.15, 0.2) is 11.3 Å². The van der Waals surface area contributed by atoms with E-state index in [1.165, 1.54) is 25.3 Å². The molecule has 0 aliphatic rings. The molecule has 0 fully saturated rings. The molecule has 0 bridgehead atoms. The number of aromatic nitrogens is 1. The Bertz CT molecular complexity index is 858. The van der Waals surface area contributed by atoms with E-state index in [9.17, 15) is 19.7 Å². The third kappa shape index (κ3) is 4.45. The molecule has 1 amide bonds. The van der Waals surface area contributed by atoms with E-state index in [4.69, 9.17) is 16.3 Å². The lowest BCUT2D eigenvalue weighted by Crippen LogP contribution is -2.30. The van der Waals surface area contributed by atoms with Gasteiger partial charge in [0.05, 0.1) is 16.2 Å². The number of nitrogens with one attached hydrogen (secondary N) is 2. The van der Waals surface area contributed by atoms with Crippen molar-refractivity contribution in [2.24, 2.45) is 0 Å². The lowest BCUT2D eigenvalue weighted by molar-refractivity contribution is -0.384. The van der Waals surface area contributed by atoms with Gasteiger partial charge in [-0.3, -0.25) is 14.9 Å². The van der Waals surface area contributed by atoms with E-state index in [0.29, 0.717) is 5.69 Å². The van der Waals surface area contributed by atoms with Crippen molar-refractivity contribution in [2.45, 2.75) is 13.0 Å². The zero-order chi connectivity index (χ0) is 19.3. The normalized spacial score (nSPS) is 11.3. The number of non-ortho nitro benzene ring substituents is 1. The highest BCUT2D eigenvalue weighted by Gasteiger charge is 2.23. The van der Waals surface area contributed by atoms with Crippen LogP contribution >= 0.6 is 11.6 Å². The second-order valence-corrected chi connectivity index (χ2v) is 5.47. The first-order valence-electron chi connectivity index (χ1n) is 7.42. The molecule has 1 aromatic heterocycles. The third-order valence-corrected chi connectivity index (χ3v) is 3.67. The van der Waals surface area contributed by atoms with E-state index in [-0.39, 0.29) is 22.1 Å². The van der Waals surface area contributed by atoms with Gasteiger partial charge in [0.1, 0.15) is 0 Å². The summed E-state index contributed by atoms with van der Waals surface area (Å²) in [6.07, 6.45) is 0.297. The van der Waals surface area contributed by atoms with Crippen molar-refractivity contribution in [3.05, 3.63) is 57.4 Å². The van der Waals surface area contributed by atoms with E-state index >= 15 is 0 Å². The molecule has 0 aliphatic carbocycles. The van der Waals surface area contributed by atoms with Crippen molar-refractivity contribution in [1.82, 2.24) is 4.98 Å². The summed E-state index contributed by atoms with van der Waals surface area (Å²) in [6, 6.07) is 6.84. The molecule has 0 saturated heterocycles. The number of hydrogen-bond acceptors (Lipinski definition) is 7. The van der Waals surface area contributed by atoms with Gasteiger partial charge in [0.2, 0.25) is 0 Å². The van der Waals surface area contributed by atoms with Crippen molar-refractivity contribution in [1.29, 1.82) is 0 Å². The number of carbonyl (C=O) groups is 2. The molecule has 1 atom stereocenters. The maximum absolute atomic E-state index is 12.3. The summed E-state index contributed by atoms with van der Waals surface area (Å²) < 4.78 is 5.11. The van der Waals surface area contributed by atoms with Crippen LogP contribution in [0.25, 0.3) is 0 Å². The average molecular weight is 379 g/mol. The number of esters is 1. The van der Waals surface area contributed by atoms with E-state index in [0.717, 1.165) is 6.07 Å². The zero-order valence-corrected chi connectivity index (χ0v) is 14.6. The van der Waals surface area contributed by atoms with Gasteiger partial charge < -0.3 is 15.4 Å². The van der Waals surface area contributed by atoms with Crippen molar-refractivity contribution >= 4 is 40.5 Å². The molecule has 0 unspecified atom stereocenters. The molecule has 10 heteroatoms. The quantitative estimate of drug-likeness (QED) is 0.343. The maximum atomic E-state index is 12.3. The van der Waals surface area contributed by atoms with Crippen LogP contribution in [0.2, 0.25) is 5.15 Å². The van der Waals surface area contributed by atoms with Gasteiger partial charge in [-0.25, -0.2) is 9.78 Å².